The zero-order chi connectivity index (χ0) is 22.1. The van der Waals surface area contributed by atoms with E-state index in [9.17, 15) is 24.6 Å². The first-order valence-electron chi connectivity index (χ1n) is 9.10. The van der Waals surface area contributed by atoms with Crippen molar-refractivity contribution in [2.45, 2.75) is 22.5 Å². The summed E-state index contributed by atoms with van der Waals surface area (Å²) in [5.74, 6) is -1.45. The SMILES string of the molecule is NC(C(=O)N[C@@H]1C(=O)N2C(C(=O)O)=C(CSc3cn[nH]n3)CSC12)c1ccc(O)cc1. The summed E-state index contributed by atoms with van der Waals surface area (Å²) in [4.78, 5) is 38.4. The molecule has 2 aliphatic rings. The van der Waals surface area contributed by atoms with E-state index in [4.69, 9.17) is 5.73 Å². The van der Waals surface area contributed by atoms with Crippen molar-refractivity contribution in [1.29, 1.82) is 0 Å². The lowest BCUT2D eigenvalue weighted by Gasteiger charge is -2.49. The number of hydrogen-bond acceptors (Lipinski definition) is 9. The zero-order valence-corrected chi connectivity index (χ0v) is 17.5. The molecule has 3 atom stereocenters. The number of aliphatic carboxylic acids is 1. The van der Waals surface area contributed by atoms with Crippen LogP contribution in [0.5, 0.6) is 5.75 Å². The predicted molar refractivity (Wildman–Crippen MR) is 112 cm³/mol. The molecule has 4 rings (SSSR count). The molecule has 2 amide bonds. The van der Waals surface area contributed by atoms with Crippen molar-refractivity contribution in [3.63, 3.8) is 0 Å². The highest BCUT2D eigenvalue weighted by Crippen LogP contribution is 2.41. The molecule has 2 aromatic rings. The van der Waals surface area contributed by atoms with E-state index in [0.717, 1.165) is 0 Å². The van der Waals surface area contributed by atoms with E-state index in [2.05, 4.69) is 20.7 Å². The molecule has 2 aliphatic heterocycles. The highest BCUT2D eigenvalue weighted by molar-refractivity contribution is 8.01. The molecule has 1 fully saturated rings. The molecule has 13 heteroatoms. The van der Waals surface area contributed by atoms with Gasteiger partial charge in [-0.1, -0.05) is 23.9 Å². The van der Waals surface area contributed by atoms with Crippen LogP contribution in [0.2, 0.25) is 0 Å². The van der Waals surface area contributed by atoms with Crippen LogP contribution in [0.4, 0.5) is 0 Å². The monoisotopic (exact) mass is 462 g/mol. The van der Waals surface area contributed by atoms with Gasteiger partial charge >= 0.3 is 5.97 Å². The Morgan fingerprint density at radius 1 is 1.39 bits per heavy atom. The molecule has 3 heterocycles. The summed E-state index contributed by atoms with van der Waals surface area (Å²) in [6.07, 6.45) is 1.53. The van der Waals surface area contributed by atoms with E-state index >= 15 is 0 Å². The molecular formula is C18H18N6O5S2. The number of benzene rings is 1. The Hall–Kier alpha value is -3.03. The number of nitrogens with one attached hydrogen (secondary N) is 2. The van der Waals surface area contributed by atoms with Gasteiger partial charge < -0.3 is 21.3 Å². The lowest BCUT2D eigenvalue weighted by atomic mass is 10.0. The third-order valence-electron chi connectivity index (χ3n) is 4.87. The minimum Gasteiger partial charge on any atom is -0.508 e. The zero-order valence-electron chi connectivity index (χ0n) is 15.9. The van der Waals surface area contributed by atoms with E-state index < -0.39 is 35.2 Å². The molecule has 1 aromatic carbocycles. The van der Waals surface area contributed by atoms with Crippen LogP contribution < -0.4 is 11.1 Å². The number of thioether (sulfide) groups is 2. The first-order valence-corrected chi connectivity index (χ1v) is 11.1. The fraction of sp³-hybridized carbons (Fsp3) is 0.278. The van der Waals surface area contributed by atoms with Gasteiger partial charge in [0.2, 0.25) is 5.91 Å². The van der Waals surface area contributed by atoms with Crippen LogP contribution in [-0.2, 0) is 14.4 Å². The van der Waals surface area contributed by atoms with Crippen LogP contribution >= 0.6 is 23.5 Å². The summed E-state index contributed by atoms with van der Waals surface area (Å²) < 4.78 is 0. The third-order valence-corrected chi connectivity index (χ3v) is 7.19. The Balaban J connectivity index is 1.45. The number of nitrogens with two attached hydrogens (primary N) is 1. The predicted octanol–water partition coefficient (Wildman–Crippen LogP) is 0.0410. The molecule has 0 spiro atoms. The second-order valence-corrected chi connectivity index (χ2v) is 8.92. The summed E-state index contributed by atoms with van der Waals surface area (Å²) in [6, 6.07) is 3.98. The summed E-state index contributed by atoms with van der Waals surface area (Å²) >= 11 is 2.70. The maximum absolute atomic E-state index is 12.7. The fourth-order valence-electron chi connectivity index (χ4n) is 3.29. The van der Waals surface area contributed by atoms with Crippen molar-refractivity contribution >= 4 is 41.3 Å². The first kappa shape index (κ1) is 21.2. The van der Waals surface area contributed by atoms with E-state index in [0.29, 0.717) is 27.7 Å². The van der Waals surface area contributed by atoms with Gasteiger partial charge in [-0.25, -0.2) is 4.79 Å². The van der Waals surface area contributed by atoms with Gasteiger partial charge in [0.05, 0.1) is 6.20 Å². The number of phenols is 1. The van der Waals surface area contributed by atoms with Crippen LogP contribution in [0.15, 0.2) is 46.8 Å². The van der Waals surface area contributed by atoms with Crippen molar-refractivity contribution in [1.82, 2.24) is 25.6 Å². The Bertz CT molecular complexity index is 1040. The maximum atomic E-state index is 12.7. The van der Waals surface area contributed by atoms with Crippen molar-refractivity contribution in [3.05, 3.63) is 47.3 Å². The average molecular weight is 463 g/mol. The number of nitrogens with zero attached hydrogens (tertiary/aromatic N) is 3. The number of carboxylic acid groups (broad SMARTS) is 1. The quantitative estimate of drug-likeness (QED) is 0.279. The van der Waals surface area contributed by atoms with Crippen molar-refractivity contribution in [2.75, 3.05) is 11.5 Å². The van der Waals surface area contributed by atoms with Gasteiger partial charge in [-0.15, -0.1) is 16.9 Å². The number of rotatable bonds is 7. The average Bonchev–Trinajstić information content (AvgIpc) is 3.28. The van der Waals surface area contributed by atoms with E-state index in [1.807, 2.05) is 0 Å². The number of carbonyl (C=O) groups excluding carboxylic acids is 2. The Kier molecular flexibility index (Phi) is 5.89. The Morgan fingerprint density at radius 2 is 2.13 bits per heavy atom. The molecule has 1 saturated heterocycles. The van der Waals surface area contributed by atoms with Crippen LogP contribution in [-0.4, -0.2) is 71.2 Å². The van der Waals surface area contributed by atoms with Crippen LogP contribution in [0.1, 0.15) is 11.6 Å². The molecule has 31 heavy (non-hydrogen) atoms. The molecule has 0 bridgehead atoms. The van der Waals surface area contributed by atoms with Crippen LogP contribution in [0, 0.1) is 0 Å². The standard InChI is InChI=1S/C18H18N6O5S2/c19-12(8-1-3-10(25)4-2-8)15(26)21-13-16(27)24-14(18(28)29)9(7-31-17(13)24)6-30-11-5-20-23-22-11/h1-5,12-13,17,25H,6-7,19H2,(H,21,26)(H,28,29)(H,20,22,23)/t12?,13-,17?/m1/s1. The number of carbonyl (C=O) groups is 3. The lowest BCUT2D eigenvalue weighted by Crippen LogP contribution is -2.71. The summed E-state index contributed by atoms with van der Waals surface area (Å²) in [7, 11) is 0. The number of aromatic amines is 1. The van der Waals surface area contributed by atoms with Gasteiger partial charge in [0.15, 0.2) is 0 Å². The second kappa shape index (κ2) is 8.61. The van der Waals surface area contributed by atoms with Gasteiger partial charge in [0.25, 0.3) is 5.91 Å². The molecule has 2 unspecified atom stereocenters. The molecule has 1 aromatic heterocycles. The number of β-lactam (4-membered cyclic amide) rings is 1. The largest absolute Gasteiger partial charge is 0.508 e. The summed E-state index contributed by atoms with van der Waals surface area (Å²) in [5.41, 5.74) is 6.99. The highest BCUT2D eigenvalue weighted by Gasteiger charge is 2.54. The van der Waals surface area contributed by atoms with Gasteiger partial charge in [0.1, 0.15) is 33.9 Å². The van der Waals surface area contributed by atoms with Gasteiger partial charge in [0, 0.05) is 11.5 Å². The van der Waals surface area contributed by atoms with Crippen LogP contribution in [0.3, 0.4) is 0 Å². The fourth-order valence-corrected chi connectivity index (χ4v) is 5.56. The highest BCUT2D eigenvalue weighted by atomic mass is 32.2. The normalized spacial score (nSPS) is 21.3. The molecule has 0 aliphatic carbocycles. The first-order chi connectivity index (χ1) is 14.9. The number of aromatic nitrogens is 3. The maximum Gasteiger partial charge on any atom is 0.352 e. The van der Waals surface area contributed by atoms with Crippen LogP contribution in [0.25, 0.3) is 0 Å². The number of aromatic hydroxyl groups is 1. The number of H-pyrrole nitrogens is 1. The molecule has 0 saturated carbocycles. The number of carboxylic acids is 1. The smallest absolute Gasteiger partial charge is 0.352 e. The van der Waals surface area contributed by atoms with Crippen molar-refractivity contribution < 1.29 is 24.6 Å². The molecule has 162 valence electrons. The number of hydrogen-bond donors (Lipinski definition) is 5. The lowest BCUT2D eigenvalue weighted by molar-refractivity contribution is -0.150. The number of fused-ring (bicyclic) bond motifs is 1. The summed E-state index contributed by atoms with van der Waals surface area (Å²) in [5, 5.41) is 31.9. The number of amides is 2. The minimum atomic E-state index is -1.19. The van der Waals surface area contributed by atoms with E-state index in [1.54, 1.807) is 0 Å². The molecular weight excluding hydrogens is 444 g/mol. The van der Waals surface area contributed by atoms with Gasteiger partial charge in [-0.3, -0.25) is 14.5 Å². The summed E-state index contributed by atoms with van der Waals surface area (Å²) in [6.45, 7) is 0. The Labute approximate surface area is 184 Å². The van der Waals surface area contributed by atoms with Crippen molar-refractivity contribution in [3.8, 4) is 5.75 Å². The second-order valence-electron chi connectivity index (χ2n) is 6.82. The topological polar surface area (TPSA) is 175 Å². The minimum absolute atomic E-state index is 0.0466. The molecule has 11 nitrogen and oxygen atoms in total. The van der Waals surface area contributed by atoms with E-state index in [-0.39, 0.29) is 11.4 Å². The molecule has 0 radical (unpaired) electrons. The third kappa shape index (κ3) is 4.11. The Morgan fingerprint density at radius 3 is 2.77 bits per heavy atom. The van der Waals surface area contributed by atoms with Crippen molar-refractivity contribution in [2.24, 2.45) is 5.73 Å². The van der Waals surface area contributed by atoms with E-state index in [1.165, 1.54) is 58.9 Å². The van der Waals surface area contributed by atoms with Gasteiger partial charge in [-0.05, 0) is 23.3 Å². The number of phenolic OH excluding ortho intramolecular Hbond substituents is 1. The molecule has 6 N–H and O–H groups in total. The van der Waals surface area contributed by atoms with Gasteiger partial charge in [-0.2, -0.15) is 10.3 Å².